The molecule has 1 saturated heterocycles. The second kappa shape index (κ2) is 15.5. The number of urea groups is 1. The van der Waals surface area contributed by atoms with E-state index in [-0.39, 0.29) is 60.3 Å². The second-order valence-corrected chi connectivity index (χ2v) is 12.9. The van der Waals surface area contributed by atoms with Crippen molar-refractivity contribution in [3.05, 3.63) is 83.9 Å². The van der Waals surface area contributed by atoms with E-state index < -0.39 is 51.9 Å². The number of nitrogens with zero attached hydrogens (tertiary/aromatic N) is 4. The van der Waals surface area contributed by atoms with Crippen LogP contribution in [0.2, 0.25) is 0 Å². The Bertz CT molecular complexity index is 1900. The van der Waals surface area contributed by atoms with Crippen molar-refractivity contribution >= 4 is 51.0 Å². The third kappa shape index (κ3) is 7.03. The first-order valence-corrected chi connectivity index (χ1v) is 17.1. The number of para-hydroxylation sites is 1. The van der Waals surface area contributed by atoms with Gasteiger partial charge in [-0.3, -0.25) is 18.8 Å². The Labute approximate surface area is 289 Å². The summed E-state index contributed by atoms with van der Waals surface area (Å²) in [5.74, 6) is -2.90. The van der Waals surface area contributed by atoms with Crippen LogP contribution in [0.15, 0.2) is 82.7 Å². The Morgan fingerprint density at radius 3 is 2.38 bits per heavy atom. The average Bonchev–Trinajstić information content (AvgIpc) is 3.33. The number of rotatable bonds is 14. The molecular formula is C34H37N5O10S. The number of amides is 4. The SMILES string of the molecule is CCOC1C(=O)N(C(C(=O)Nc2cc(C(=O)OC)ccc2OC)C2=Nc3ccccc3S(=O)(=O)N2CCCOC)C(=O)N1Cc1ccccc1. The van der Waals surface area contributed by atoms with Gasteiger partial charge in [0, 0.05) is 26.9 Å². The van der Waals surface area contributed by atoms with Gasteiger partial charge in [-0.2, -0.15) is 0 Å². The van der Waals surface area contributed by atoms with Crippen molar-refractivity contribution in [1.29, 1.82) is 0 Å². The van der Waals surface area contributed by atoms with Gasteiger partial charge in [0.1, 0.15) is 10.6 Å². The number of aliphatic imine (C=N–C) groups is 1. The molecule has 5 rings (SSSR count). The minimum Gasteiger partial charge on any atom is -0.495 e. The summed E-state index contributed by atoms with van der Waals surface area (Å²) in [7, 11) is -0.370. The van der Waals surface area contributed by atoms with Crippen LogP contribution in [0.3, 0.4) is 0 Å². The van der Waals surface area contributed by atoms with Crippen molar-refractivity contribution < 1.29 is 46.5 Å². The molecule has 50 heavy (non-hydrogen) atoms. The molecular weight excluding hydrogens is 670 g/mol. The zero-order chi connectivity index (χ0) is 36.0. The van der Waals surface area contributed by atoms with Crippen LogP contribution >= 0.6 is 0 Å². The lowest BCUT2D eigenvalue weighted by molar-refractivity contribution is -0.144. The number of esters is 1. The maximum absolute atomic E-state index is 14.6. The summed E-state index contributed by atoms with van der Waals surface area (Å²) in [6.07, 6.45) is -1.25. The summed E-state index contributed by atoms with van der Waals surface area (Å²) in [4.78, 5) is 61.9. The molecule has 2 aliphatic heterocycles. The van der Waals surface area contributed by atoms with Gasteiger partial charge in [0.05, 0.1) is 37.7 Å². The van der Waals surface area contributed by atoms with Crippen molar-refractivity contribution in [2.75, 3.05) is 46.4 Å². The number of benzene rings is 3. The Balaban J connectivity index is 1.69. The van der Waals surface area contributed by atoms with Gasteiger partial charge in [0.25, 0.3) is 21.8 Å². The number of ether oxygens (including phenoxy) is 4. The summed E-state index contributed by atoms with van der Waals surface area (Å²) in [5.41, 5.74) is 0.734. The summed E-state index contributed by atoms with van der Waals surface area (Å²) in [6.45, 7) is 1.60. The number of carbonyl (C=O) groups excluding carboxylic acids is 4. The number of fused-ring (bicyclic) bond motifs is 1. The van der Waals surface area contributed by atoms with E-state index in [0.29, 0.717) is 10.5 Å². The molecule has 0 bridgehead atoms. The normalized spacial score (nSPS) is 17.2. The first-order chi connectivity index (χ1) is 24.1. The first-order valence-electron chi connectivity index (χ1n) is 15.6. The number of hydrogen-bond donors (Lipinski definition) is 1. The maximum Gasteiger partial charge on any atom is 0.337 e. The molecule has 2 heterocycles. The molecule has 2 aliphatic rings. The van der Waals surface area contributed by atoms with E-state index in [2.05, 4.69) is 10.3 Å². The molecule has 0 radical (unpaired) electrons. The van der Waals surface area contributed by atoms with Gasteiger partial charge in [-0.15, -0.1) is 0 Å². The molecule has 0 aliphatic carbocycles. The highest BCUT2D eigenvalue weighted by Gasteiger charge is 2.54. The van der Waals surface area contributed by atoms with E-state index in [4.69, 9.17) is 18.9 Å². The second-order valence-electron chi connectivity index (χ2n) is 11.1. The largest absolute Gasteiger partial charge is 0.495 e. The highest BCUT2D eigenvalue weighted by molar-refractivity contribution is 7.90. The van der Waals surface area contributed by atoms with Crippen LogP contribution in [0.5, 0.6) is 5.75 Å². The summed E-state index contributed by atoms with van der Waals surface area (Å²) in [5, 5.41) is 2.64. The van der Waals surface area contributed by atoms with Crippen LogP contribution in [0.4, 0.5) is 16.2 Å². The fraction of sp³-hybridized carbons (Fsp3) is 0.324. The van der Waals surface area contributed by atoms with Crippen LogP contribution in [0.25, 0.3) is 0 Å². The third-order valence-electron chi connectivity index (χ3n) is 7.97. The molecule has 3 aromatic rings. The zero-order valence-electron chi connectivity index (χ0n) is 27.9. The van der Waals surface area contributed by atoms with Gasteiger partial charge in [-0.05, 0) is 49.2 Å². The van der Waals surface area contributed by atoms with E-state index in [9.17, 15) is 27.6 Å². The first kappa shape index (κ1) is 36.0. The number of sulfonamides is 1. The molecule has 264 valence electrons. The number of anilines is 1. The van der Waals surface area contributed by atoms with Crippen LogP contribution in [-0.4, -0.2) is 106 Å². The Morgan fingerprint density at radius 2 is 1.70 bits per heavy atom. The highest BCUT2D eigenvalue weighted by Crippen LogP contribution is 2.36. The number of methoxy groups -OCH3 is 3. The predicted molar refractivity (Wildman–Crippen MR) is 180 cm³/mol. The van der Waals surface area contributed by atoms with Crippen molar-refractivity contribution in [2.45, 2.75) is 37.1 Å². The predicted octanol–water partition coefficient (Wildman–Crippen LogP) is 3.39. The molecule has 15 nitrogen and oxygen atoms in total. The molecule has 2 atom stereocenters. The van der Waals surface area contributed by atoms with Crippen LogP contribution in [0, 0.1) is 0 Å². The molecule has 4 amide bonds. The van der Waals surface area contributed by atoms with Gasteiger partial charge in [-0.25, -0.2) is 27.9 Å². The number of hydrogen-bond acceptors (Lipinski definition) is 11. The van der Waals surface area contributed by atoms with Crippen molar-refractivity contribution in [3.63, 3.8) is 0 Å². The molecule has 3 aromatic carbocycles. The molecule has 2 unspecified atom stereocenters. The van der Waals surface area contributed by atoms with E-state index >= 15 is 0 Å². The quantitative estimate of drug-likeness (QED) is 0.149. The fourth-order valence-corrected chi connectivity index (χ4v) is 7.27. The number of carbonyl (C=O) groups is 4. The lowest BCUT2D eigenvalue weighted by Crippen LogP contribution is -2.59. The van der Waals surface area contributed by atoms with Gasteiger partial charge >= 0.3 is 12.0 Å². The average molecular weight is 708 g/mol. The Hall–Kier alpha value is -5.32. The minimum absolute atomic E-state index is 0.00940. The highest BCUT2D eigenvalue weighted by atomic mass is 32.2. The molecule has 1 fully saturated rings. The maximum atomic E-state index is 14.6. The molecule has 0 saturated carbocycles. The minimum atomic E-state index is -4.36. The Kier molecular flexibility index (Phi) is 11.1. The molecule has 0 spiro atoms. The summed E-state index contributed by atoms with van der Waals surface area (Å²) < 4.78 is 50.4. The van der Waals surface area contributed by atoms with Crippen LogP contribution in [-0.2, 0) is 40.4 Å². The van der Waals surface area contributed by atoms with Gasteiger partial charge in [-0.1, -0.05) is 42.5 Å². The van der Waals surface area contributed by atoms with Crippen molar-refractivity contribution in [3.8, 4) is 5.75 Å². The number of nitrogens with one attached hydrogen (secondary N) is 1. The monoisotopic (exact) mass is 707 g/mol. The molecule has 16 heteroatoms. The van der Waals surface area contributed by atoms with Gasteiger partial charge in [0.2, 0.25) is 6.23 Å². The van der Waals surface area contributed by atoms with Crippen LogP contribution < -0.4 is 10.1 Å². The number of amidine groups is 1. The Morgan fingerprint density at radius 1 is 0.980 bits per heavy atom. The van der Waals surface area contributed by atoms with E-state index in [1.165, 1.54) is 62.6 Å². The van der Waals surface area contributed by atoms with E-state index in [1.54, 1.807) is 43.3 Å². The summed E-state index contributed by atoms with van der Waals surface area (Å²) in [6, 6.07) is 16.1. The summed E-state index contributed by atoms with van der Waals surface area (Å²) >= 11 is 0. The van der Waals surface area contributed by atoms with Crippen LogP contribution in [0.1, 0.15) is 29.3 Å². The van der Waals surface area contributed by atoms with Crippen molar-refractivity contribution in [2.24, 2.45) is 4.99 Å². The number of imide groups is 1. The lowest BCUT2D eigenvalue weighted by Gasteiger charge is -2.35. The van der Waals surface area contributed by atoms with E-state index in [1.807, 2.05) is 0 Å². The zero-order valence-corrected chi connectivity index (χ0v) is 28.7. The van der Waals surface area contributed by atoms with Gasteiger partial charge < -0.3 is 24.3 Å². The topological polar surface area (TPSA) is 173 Å². The fourth-order valence-electron chi connectivity index (χ4n) is 5.65. The van der Waals surface area contributed by atoms with E-state index in [0.717, 1.165) is 4.31 Å². The molecule has 0 aromatic heterocycles. The van der Waals surface area contributed by atoms with Crippen molar-refractivity contribution in [1.82, 2.24) is 14.1 Å². The third-order valence-corrected chi connectivity index (χ3v) is 9.82. The lowest BCUT2D eigenvalue weighted by atomic mass is 10.1. The molecule has 1 N–H and O–H groups in total. The smallest absolute Gasteiger partial charge is 0.337 e. The standard InChI is InChI=1S/C34H37N5O10S/c1-5-49-32-31(41)39(34(43)37(32)21-22-12-7-6-8-13-22)28(30(40)36-25-20-23(33(42)48-4)16-17-26(25)47-3)29-35-24-14-9-10-15-27(24)50(44,45)38(29)18-11-19-46-2/h6-10,12-17,20,28,32H,5,11,18-19,21H2,1-4H3,(H,36,40). The van der Waals surface area contributed by atoms with Gasteiger partial charge in [0.15, 0.2) is 11.9 Å².